The molecule has 5 rings (SSSR count). The van der Waals surface area contributed by atoms with Gasteiger partial charge in [0.1, 0.15) is 11.9 Å². The van der Waals surface area contributed by atoms with Crippen molar-refractivity contribution in [3.63, 3.8) is 0 Å². The van der Waals surface area contributed by atoms with Gasteiger partial charge in [-0.05, 0) is 84.7 Å². The maximum absolute atomic E-state index is 12.8. The van der Waals surface area contributed by atoms with Crippen molar-refractivity contribution in [1.29, 1.82) is 5.26 Å². The lowest BCUT2D eigenvalue weighted by molar-refractivity contribution is 0.0963. The van der Waals surface area contributed by atoms with E-state index in [2.05, 4.69) is 63.3 Å². The average molecular weight is 581 g/mol. The van der Waals surface area contributed by atoms with E-state index in [1.165, 1.54) is 4.68 Å². The Hall–Kier alpha value is -4.62. The number of amides is 1. The largest absolute Gasteiger partial charge is 0.388 e. The van der Waals surface area contributed by atoms with Gasteiger partial charge in [0.2, 0.25) is 0 Å². The standard InChI is InChI=1S/C33H40N8O2/c1-21(41-16-6-7-27(41)19-34)20-37-15-14-33(31-38-32(43)40(5)39-31)28-12-10-23(22(2)35-3)17-24(28)8-9-25-18-26(30(42)36-4)11-13-29(25)33/h10-13,17-18,27,35,37H,1-2,6-9,14-16,20H2,3-5H3,(H,36,42)(H,38,39,43). The Balaban J connectivity index is 1.61. The van der Waals surface area contributed by atoms with E-state index < -0.39 is 5.41 Å². The first-order chi connectivity index (χ1) is 20.7. The van der Waals surface area contributed by atoms with Gasteiger partial charge in [-0.25, -0.2) is 9.48 Å². The molecule has 1 saturated heterocycles. The van der Waals surface area contributed by atoms with E-state index in [-0.39, 0.29) is 17.6 Å². The minimum Gasteiger partial charge on any atom is -0.388 e. The topological polar surface area (TPSA) is 131 Å². The van der Waals surface area contributed by atoms with Crippen molar-refractivity contribution in [3.05, 3.63) is 105 Å². The van der Waals surface area contributed by atoms with Crippen molar-refractivity contribution >= 4 is 11.6 Å². The minimum atomic E-state index is -0.806. The van der Waals surface area contributed by atoms with Crippen LogP contribution in [0.2, 0.25) is 0 Å². The molecule has 1 fully saturated rings. The number of aryl methyl sites for hydroxylation is 3. The highest BCUT2D eigenvalue weighted by atomic mass is 16.2. The van der Waals surface area contributed by atoms with Crippen LogP contribution in [0.5, 0.6) is 0 Å². The van der Waals surface area contributed by atoms with Crippen LogP contribution in [-0.2, 0) is 25.3 Å². The number of H-pyrrole nitrogens is 1. The van der Waals surface area contributed by atoms with Crippen LogP contribution < -0.4 is 21.6 Å². The van der Waals surface area contributed by atoms with Crippen LogP contribution in [0.4, 0.5) is 0 Å². The van der Waals surface area contributed by atoms with Gasteiger partial charge in [0.05, 0.1) is 11.5 Å². The first-order valence-electron chi connectivity index (χ1n) is 14.8. The lowest BCUT2D eigenvalue weighted by atomic mass is 9.69. The highest BCUT2D eigenvalue weighted by Crippen LogP contribution is 2.46. The summed E-state index contributed by atoms with van der Waals surface area (Å²) < 4.78 is 1.34. The van der Waals surface area contributed by atoms with Gasteiger partial charge in [-0.3, -0.25) is 9.78 Å². The molecular formula is C33H40N8O2. The number of hydrogen-bond donors (Lipinski definition) is 4. The molecular weight excluding hydrogens is 540 g/mol. The normalized spacial score (nSPS) is 19.1. The summed E-state index contributed by atoms with van der Waals surface area (Å²) in [6, 6.07) is 14.4. The minimum absolute atomic E-state index is 0.129. The molecule has 2 aliphatic rings. The van der Waals surface area contributed by atoms with E-state index in [1.807, 2.05) is 25.2 Å². The number of carbonyl (C=O) groups excluding carboxylic acids is 1. The number of nitriles is 1. The Labute approximate surface area is 252 Å². The molecule has 10 nitrogen and oxygen atoms in total. The maximum Gasteiger partial charge on any atom is 0.343 e. The second-order valence-electron chi connectivity index (χ2n) is 11.3. The van der Waals surface area contributed by atoms with Crippen LogP contribution in [0.1, 0.15) is 63.3 Å². The molecule has 10 heteroatoms. The maximum atomic E-state index is 12.8. The predicted octanol–water partition coefficient (Wildman–Crippen LogP) is 2.57. The molecule has 2 aromatic carbocycles. The Morgan fingerprint density at radius 1 is 1.12 bits per heavy atom. The first-order valence-corrected chi connectivity index (χ1v) is 14.8. The molecule has 1 aromatic heterocycles. The summed E-state index contributed by atoms with van der Waals surface area (Å²) in [5.41, 5.74) is 6.45. The zero-order chi connectivity index (χ0) is 30.7. The van der Waals surface area contributed by atoms with Gasteiger partial charge in [-0.2, -0.15) is 10.4 Å². The summed E-state index contributed by atoms with van der Waals surface area (Å²) in [5.74, 6) is 0.411. The highest BCUT2D eigenvalue weighted by molar-refractivity contribution is 5.94. The van der Waals surface area contributed by atoms with Gasteiger partial charge >= 0.3 is 5.69 Å². The molecule has 224 valence electrons. The quantitative estimate of drug-likeness (QED) is 0.271. The third-order valence-electron chi connectivity index (χ3n) is 8.92. The molecule has 0 radical (unpaired) electrons. The number of hydrogen-bond acceptors (Lipinski definition) is 7. The van der Waals surface area contributed by atoms with Crippen LogP contribution >= 0.6 is 0 Å². The van der Waals surface area contributed by atoms with E-state index >= 15 is 0 Å². The van der Waals surface area contributed by atoms with E-state index in [0.29, 0.717) is 30.9 Å². The van der Waals surface area contributed by atoms with Gasteiger partial charge in [-0.15, -0.1) is 0 Å². The van der Waals surface area contributed by atoms with E-state index in [0.717, 1.165) is 71.4 Å². The van der Waals surface area contributed by atoms with Gasteiger partial charge in [0, 0.05) is 51.2 Å². The van der Waals surface area contributed by atoms with Crippen molar-refractivity contribution in [2.75, 3.05) is 33.7 Å². The number of aromatic nitrogens is 3. The molecule has 0 bridgehead atoms. The zero-order valence-corrected chi connectivity index (χ0v) is 25.2. The molecule has 1 aliphatic carbocycles. The lowest BCUT2D eigenvalue weighted by Gasteiger charge is -2.35. The molecule has 3 aromatic rings. The van der Waals surface area contributed by atoms with Crippen molar-refractivity contribution < 1.29 is 4.79 Å². The number of rotatable bonds is 10. The Bertz CT molecular complexity index is 1590. The third kappa shape index (κ3) is 5.48. The Morgan fingerprint density at radius 3 is 2.40 bits per heavy atom. The number of benzene rings is 2. The van der Waals surface area contributed by atoms with Crippen LogP contribution in [0.15, 0.2) is 60.0 Å². The number of fused-ring (bicyclic) bond motifs is 2. The summed E-state index contributed by atoms with van der Waals surface area (Å²) in [4.78, 5) is 30.6. The average Bonchev–Trinajstić information content (AvgIpc) is 3.61. The number of aromatic amines is 1. The van der Waals surface area contributed by atoms with Crippen LogP contribution in [0.25, 0.3) is 5.70 Å². The molecule has 2 heterocycles. The zero-order valence-electron chi connectivity index (χ0n) is 25.2. The SMILES string of the molecule is C=C(NC)c1ccc2c(c1)CCc1cc(C(=O)NC)ccc1C2(CCNCC(=C)N1CCCC1C#N)c1nn(C)c(=O)[nH]1. The molecule has 4 N–H and O–H groups in total. The fourth-order valence-corrected chi connectivity index (χ4v) is 6.59. The van der Waals surface area contributed by atoms with Gasteiger partial charge in [0.25, 0.3) is 5.91 Å². The fraction of sp³-hybridized carbons (Fsp3) is 0.394. The molecule has 0 saturated carbocycles. The van der Waals surface area contributed by atoms with Gasteiger partial charge in [0.15, 0.2) is 0 Å². The summed E-state index contributed by atoms with van der Waals surface area (Å²) in [6.45, 7) is 10.4. The summed E-state index contributed by atoms with van der Waals surface area (Å²) in [5, 5.41) is 23.7. The van der Waals surface area contributed by atoms with Crippen LogP contribution in [0.3, 0.4) is 0 Å². The lowest BCUT2D eigenvalue weighted by Crippen LogP contribution is -2.38. The van der Waals surface area contributed by atoms with Gasteiger partial charge in [-0.1, -0.05) is 31.4 Å². The van der Waals surface area contributed by atoms with Crippen LogP contribution in [0, 0.1) is 11.3 Å². The van der Waals surface area contributed by atoms with E-state index in [4.69, 9.17) is 5.10 Å². The highest BCUT2D eigenvalue weighted by Gasteiger charge is 2.44. The van der Waals surface area contributed by atoms with Crippen molar-refractivity contribution in [3.8, 4) is 6.07 Å². The van der Waals surface area contributed by atoms with E-state index in [1.54, 1.807) is 14.1 Å². The van der Waals surface area contributed by atoms with Crippen molar-refractivity contribution in [2.24, 2.45) is 7.05 Å². The number of carbonyl (C=O) groups is 1. The Morgan fingerprint density at radius 2 is 1.79 bits per heavy atom. The summed E-state index contributed by atoms with van der Waals surface area (Å²) in [6.07, 6.45) is 3.90. The molecule has 1 amide bonds. The Kier molecular flexibility index (Phi) is 8.55. The molecule has 1 aliphatic heterocycles. The summed E-state index contributed by atoms with van der Waals surface area (Å²) >= 11 is 0. The molecule has 2 unspecified atom stereocenters. The van der Waals surface area contributed by atoms with Gasteiger partial charge < -0.3 is 20.9 Å². The fourth-order valence-electron chi connectivity index (χ4n) is 6.59. The second kappa shape index (κ2) is 12.3. The van der Waals surface area contributed by atoms with Crippen molar-refractivity contribution in [2.45, 2.75) is 43.6 Å². The number of nitrogens with one attached hydrogen (secondary N) is 4. The van der Waals surface area contributed by atoms with Crippen molar-refractivity contribution in [1.82, 2.24) is 35.6 Å². The molecule has 43 heavy (non-hydrogen) atoms. The summed E-state index contributed by atoms with van der Waals surface area (Å²) in [7, 11) is 5.13. The third-order valence-corrected chi connectivity index (χ3v) is 8.92. The number of nitrogens with zero attached hydrogens (tertiary/aromatic N) is 4. The van der Waals surface area contributed by atoms with Crippen LogP contribution in [-0.4, -0.2) is 65.3 Å². The molecule has 0 spiro atoms. The van der Waals surface area contributed by atoms with E-state index in [9.17, 15) is 14.9 Å². The monoisotopic (exact) mass is 580 g/mol. The molecule has 2 atom stereocenters. The first kappa shape index (κ1) is 29.9. The second-order valence-corrected chi connectivity index (χ2v) is 11.3. The smallest absolute Gasteiger partial charge is 0.343 e. The number of likely N-dealkylation sites (tertiary alicyclic amines) is 1. The predicted molar refractivity (Wildman–Crippen MR) is 167 cm³/mol.